The van der Waals surface area contributed by atoms with Crippen LogP contribution in [0.25, 0.3) is 5.95 Å². The van der Waals surface area contributed by atoms with Gasteiger partial charge in [0, 0.05) is 26.0 Å². The molecular weight excluding hydrogens is 376 g/mol. The summed E-state index contributed by atoms with van der Waals surface area (Å²) in [4.78, 5) is 18.6. The smallest absolute Gasteiger partial charge is 0.241 e. The van der Waals surface area contributed by atoms with Gasteiger partial charge in [-0.3, -0.25) is 4.57 Å². The van der Waals surface area contributed by atoms with Crippen molar-refractivity contribution in [3.05, 3.63) is 44.8 Å². The Labute approximate surface area is 138 Å². The average molecular weight is 386 g/mol. The van der Waals surface area contributed by atoms with Gasteiger partial charge in [0.1, 0.15) is 6.33 Å². The van der Waals surface area contributed by atoms with E-state index in [4.69, 9.17) is 11.6 Å². The lowest BCUT2D eigenvalue weighted by Crippen LogP contribution is -2.20. The standard InChI is InChI=1S/C12H10BrClN6S/c1-19(5-8-4-9(13)21-6-8)11-16-10(14)17-12(18-11)20-3-2-15-7-20/h2-4,6-7H,5H2,1H3. The highest BCUT2D eigenvalue weighted by Crippen LogP contribution is 2.22. The molecular formula is C12H10BrClN6S. The topological polar surface area (TPSA) is 59.7 Å². The van der Waals surface area contributed by atoms with Crippen LogP contribution in [0.3, 0.4) is 0 Å². The highest BCUT2D eigenvalue weighted by Gasteiger charge is 2.11. The van der Waals surface area contributed by atoms with Crippen LogP contribution in [0.5, 0.6) is 0 Å². The lowest BCUT2D eigenvalue weighted by atomic mass is 10.3. The van der Waals surface area contributed by atoms with E-state index in [9.17, 15) is 0 Å². The molecule has 3 rings (SSSR count). The molecule has 0 amide bonds. The highest BCUT2D eigenvalue weighted by atomic mass is 79.9. The number of anilines is 1. The van der Waals surface area contributed by atoms with Crippen molar-refractivity contribution in [2.75, 3.05) is 11.9 Å². The first kappa shape index (κ1) is 14.4. The van der Waals surface area contributed by atoms with Crippen LogP contribution >= 0.6 is 38.9 Å². The van der Waals surface area contributed by atoms with Gasteiger partial charge in [0.15, 0.2) is 0 Å². The minimum atomic E-state index is 0.155. The molecule has 0 fully saturated rings. The summed E-state index contributed by atoms with van der Waals surface area (Å²) in [6.07, 6.45) is 5.03. The van der Waals surface area contributed by atoms with E-state index >= 15 is 0 Å². The molecule has 3 aromatic heterocycles. The molecule has 0 saturated carbocycles. The van der Waals surface area contributed by atoms with Crippen molar-refractivity contribution in [1.82, 2.24) is 24.5 Å². The lowest BCUT2D eigenvalue weighted by molar-refractivity contribution is 0.823. The van der Waals surface area contributed by atoms with E-state index < -0.39 is 0 Å². The van der Waals surface area contributed by atoms with Gasteiger partial charge in [0.05, 0.1) is 3.79 Å². The van der Waals surface area contributed by atoms with Crippen LogP contribution in [0.1, 0.15) is 5.56 Å². The summed E-state index contributed by atoms with van der Waals surface area (Å²) < 4.78 is 2.78. The van der Waals surface area contributed by atoms with E-state index in [-0.39, 0.29) is 5.28 Å². The molecule has 0 bridgehead atoms. The number of rotatable bonds is 4. The van der Waals surface area contributed by atoms with Gasteiger partial charge in [-0.2, -0.15) is 15.0 Å². The fourth-order valence-corrected chi connectivity index (χ4v) is 3.12. The maximum Gasteiger partial charge on any atom is 0.241 e. The van der Waals surface area contributed by atoms with Crippen LogP contribution in [0.15, 0.2) is 34.0 Å². The van der Waals surface area contributed by atoms with Gasteiger partial charge in [-0.05, 0) is 44.5 Å². The van der Waals surface area contributed by atoms with Crippen molar-refractivity contribution in [3.8, 4) is 5.95 Å². The minimum Gasteiger partial charge on any atom is -0.339 e. The Morgan fingerprint density at radius 3 is 2.90 bits per heavy atom. The van der Waals surface area contributed by atoms with Crippen LogP contribution in [-0.2, 0) is 6.54 Å². The molecule has 3 heterocycles. The van der Waals surface area contributed by atoms with Gasteiger partial charge in [0.2, 0.25) is 17.2 Å². The summed E-state index contributed by atoms with van der Waals surface area (Å²) in [7, 11) is 1.91. The van der Waals surface area contributed by atoms with Crippen LogP contribution in [0.4, 0.5) is 5.95 Å². The number of aromatic nitrogens is 5. The summed E-state index contributed by atoms with van der Waals surface area (Å²) in [5.41, 5.74) is 1.18. The number of hydrogen-bond donors (Lipinski definition) is 0. The second kappa shape index (κ2) is 6.08. The molecule has 108 valence electrons. The molecule has 0 atom stereocenters. The van der Waals surface area contributed by atoms with Crippen molar-refractivity contribution >= 4 is 44.8 Å². The molecule has 0 aliphatic carbocycles. The Morgan fingerprint density at radius 1 is 1.38 bits per heavy atom. The molecule has 6 nitrogen and oxygen atoms in total. The van der Waals surface area contributed by atoms with Crippen molar-refractivity contribution in [1.29, 1.82) is 0 Å². The molecule has 0 unspecified atom stereocenters. The highest BCUT2D eigenvalue weighted by molar-refractivity contribution is 9.11. The van der Waals surface area contributed by atoms with Gasteiger partial charge < -0.3 is 4.90 Å². The number of hydrogen-bond acceptors (Lipinski definition) is 6. The van der Waals surface area contributed by atoms with Gasteiger partial charge in [-0.1, -0.05) is 0 Å². The Bertz CT molecular complexity index is 744. The number of thiophene rings is 1. The summed E-state index contributed by atoms with van der Waals surface area (Å²) in [5.74, 6) is 0.960. The fraction of sp³-hybridized carbons (Fsp3) is 0.167. The van der Waals surface area contributed by atoms with E-state index in [2.05, 4.69) is 47.3 Å². The molecule has 0 saturated heterocycles. The predicted octanol–water partition coefficient (Wildman–Crippen LogP) is 3.17. The molecule has 3 aromatic rings. The van der Waals surface area contributed by atoms with Crippen molar-refractivity contribution in [2.45, 2.75) is 6.54 Å². The fourth-order valence-electron chi connectivity index (χ4n) is 1.77. The molecule has 0 aromatic carbocycles. The SMILES string of the molecule is CN(Cc1csc(Br)c1)c1nc(Cl)nc(-n2ccnc2)n1. The van der Waals surface area contributed by atoms with E-state index in [1.807, 2.05) is 11.9 Å². The maximum atomic E-state index is 5.99. The summed E-state index contributed by atoms with van der Waals surface area (Å²) >= 11 is 11.1. The van der Waals surface area contributed by atoms with Gasteiger partial charge in [-0.25, -0.2) is 4.98 Å². The third-order valence-electron chi connectivity index (χ3n) is 2.70. The zero-order valence-corrected chi connectivity index (χ0v) is 14.1. The van der Waals surface area contributed by atoms with Crippen LogP contribution in [-0.4, -0.2) is 31.6 Å². The first-order valence-corrected chi connectivity index (χ1v) is 8.01. The first-order valence-electron chi connectivity index (χ1n) is 5.96. The van der Waals surface area contributed by atoms with E-state index in [1.54, 1.807) is 34.6 Å². The Balaban J connectivity index is 1.87. The van der Waals surface area contributed by atoms with Crippen molar-refractivity contribution < 1.29 is 0 Å². The van der Waals surface area contributed by atoms with Crippen molar-refractivity contribution in [3.63, 3.8) is 0 Å². The Morgan fingerprint density at radius 2 is 2.24 bits per heavy atom. The number of imidazole rings is 1. The summed E-state index contributed by atoms with van der Waals surface area (Å²) in [5, 5.41) is 2.24. The first-order chi connectivity index (χ1) is 10.1. The minimum absolute atomic E-state index is 0.155. The predicted molar refractivity (Wildman–Crippen MR) is 86.1 cm³/mol. The van der Waals surface area contributed by atoms with Gasteiger partial charge in [0.25, 0.3) is 0 Å². The third-order valence-corrected chi connectivity index (χ3v) is 4.43. The molecule has 9 heteroatoms. The number of halogens is 2. The second-order valence-corrected chi connectivity index (χ2v) is 6.92. The zero-order chi connectivity index (χ0) is 14.8. The van der Waals surface area contributed by atoms with E-state index in [0.717, 1.165) is 3.79 Å². The summed E-state index contributed by atoms with van der Waals surface area (Å²) in [6, 6.07) is 2.07. The quantitative estimate of drug-likeness (QED) is 0.690. The zero-order valence-electron chi connectivity index (χ0n) is 10.9. The molecule has 0 aliphatic heterocycles. The molecule has 0 radical (unpaired) electrons. The van der Waals surface area contributed by atoms with E-state index in [0.29, 0.717) is 18.4 Å². The average Bonchev–Trinajstić information content (AvgIpc) is 3.10. The third kappa shape index (κ3) is 3.39. The second-order valence-electron chi connectivity index (χ2n) is 4.29. The molecule has 21 heavy (non-hydrogen) atoms. The largest absolute Gasteiger partial charge is 0.339 e. The molecule has 0 spiro atoms. The monoisotopic (exact) mass is 384 g/mol. The Kier molecular flexibility index (Phi) is 4.18. The normalized spacial score (nSPS) is 10.8. The van der Waals surface area contributed by atoms with Crippen LogP contribution in [0, 0.1) is 0 Å². The van der Waals surface area contributed by atoms with Crippen LogP contribution in [0.2, 0.25) is 5.28 Å². The summed E-state index contributed by atoms with van der Waals surface area (Å²) in [6.45, 7) is 0.686. The van der Waals surface area contributed by atoms with E-state index in [1.165, 1.54) is 5.56 Å². The van der Waals surface area contributed by atoms with Gasteiger partial charge >= 0.3 is 0 Å². The lowest BCUT2D eigenvalue weighted by Gasteiger charge is -2.16. The Hall–Kier alpha value is -1.51. The number of nitrogens with zero attached hydrogens (tertiary/aromatic N) is 6. The van der Waals surface area contributed by atoms with Crippen LogP contribution < -0.4 is 4.90 Å². The van der Waals surface area contributed by atoms with Gasteiger partial charge in [-0.15, -0.1) is 11.3 Å². The molecule has 0 aliphatic rings. The molecule has 0 N–H and O–H groups in total. The van der Waals surface area contributed by atoms with Crippen molar-refractivity contribution in [2.24, 2.45) is 0 Å². The maximum absolute atomic E-state index is 5.99.